The topological polar surface area (TPSA) is 58.7 Å². The first-order chi connectivity index (χ1) is 16.4. The molecule has 0 atom stereocenters. The van der Waals surface area contributed by atoms with Gasteiger partial charge in [0.05, 0.1) is 6.26 Å². The standard InChI is InChI=1S/C27H26FN3O3/c1-18-19(2)31(17-20-5-3-6-22(28)15-20)24-9-8-21(16-23(18)24)26(32)29-10-12-30(13-11-29)27(33)25-7-4-14-34-25/h3-9,14-16H,10-13,17H2,1-2H3. The van der Waals surface area contributed by atoms with Gasteiger partial charge in [-0.15, -0.1) is 0 Å². The molecule has 0 aliphatic carbocycles. The van der Waals surface area contributed by atoms with E-state index in [9.17, 15) is 14.0 Å². The van der Waals surface area contributed by atoms with Crippen LogP contribution in [0.2, 0.25) is 0 Å². The molecule has 6 nitrogen and oxygen atoms in total. The minimum Gasteiger partial charge on any atom is -0.459 e. The zero-order valence-electron chi connectivity index (χ0n) is 19.3. The van der Waals surface area contributed by atoms with Gasteiger partial charge in [-0.25, -0.2) is 4.39 Å². The van der Waals surface area contributed by atoms with Crippen LogP contribution in [0.1, 0.15) is 37.7 Å². The SMILES string of the molecule is Cc1c(C)n(Cc2cccc(F)c2)c2ccc(C(=O)N3CCN(C(=O)c4ccco4)CC3)cc12. The molecule has 1 saturated heterocycles. The molecule has 4 aromatic rings. The van der Waals surface area contributed by atoms with Gasteiger partial charge in [0.2, 0.25) is 0 Å². The Morgan fingerprint density at radius 1 is 0.912 bits per heavy atom. The minimum absolute atomic E-state index is 0.0399. The first kappa shape index (κ1) is 21.9. The first-order valence-corrected chi connectivity index (χ1v) is 11.4. The molecular weight excluding hydrogens is 433 g/mol. The maximum atomic E-state index is 13.7. The van der Waals surface area contributed by atoms with Gasteiger partial charge in [-0.2, -0.15) is 0 Å². The van der Waals surface area contributed by atoms with Crippen molar-refractivity contribution in [3.63, 3.8) is 0 Å². The second kappa shape index (κ2) is 8.82. The number of nitrogens with zero attached hydrogens (tertiary/aromatic N) is 3. The van der Waals surface area contributed by atoms with Crippen molar-refractivity contribution in [1.29, 1.82) is 0 Å². The van der Waals surface area contributed by atoms with Crippen molar-refractivity contribution in [2.24, 2.45) is 0 Å². The van der Waals surface area contributed by atoms with Crippen molar-refractivity contribution < 1.29 is 18.4 Å². The summed E-state index contributed by atoms with van der Waals surface area (Å²) in [6, 6.07) is 15.7. The fourth-order valence-electron chi connectivity index (χ4n) is 4.66. The highest BCUT2D eigenvalue weighted by molar-refractivity contribution is 5.99. The highest BCUT2D eigenvalue weighted by atomic mass is 19.1. The number of aromatic nitrogens is 1. The summed E-state index contributed by atoms with van der Waals surface area (Å²) in [6.45, 7) is 6.54. The number of fused-ring (bicyclic) bond motifs is 1. The number of aryl methyl sites for hydroxylation is 1. The van der Waals surface area contributed by atoms with E-state index >= 15 is 0 Å². The number of benzene rings is 2. The number of amides is 2. The lowest BCUT2D eigenvalue weighted by atomic mass is 10.1. The number of halogens is 1. The van der Waals surface area contributed by atoms with Gasteiger partial charge in [0.25, 0.3) is 11.8 Å². The molecule has 2 amide bonds. The third-order valence-corrected chi connectivity index (χ3v) is 6.70. The van der Waals surface area contributed by atoms with E-state index in [1.54, 1.807) is 34.1 Å². The Balaban J connectivity index is 1.34. The summed E-state index contributed by atoms with van der Waals surface area (Å²) in [7, 11) is 0. The molecule has 0 unspecified atom stereocenters. The second-order valence-corrected chi connectivity index (χ2v) is 8.72. The van der Waals surface area contributed by atoms with Gasteiger partial charge >= 0.3 is 0 Å². The van der Waals surface area contributed by atoms with Gasteiger partial charge in [0.1, 0.15) is 5.82 Å². The summed E-state index contributed by atoms with van der Waals surface area (Å²) in [5.74, 6) is -0.118. The molecule has 5 rings (SSSR count). The van der Waals surface area contributed by atoms with E-state index in [2.05, 4.69) is 4.57 Å². The Kier molecular flexibility index (Phi) is 5.69. The van der Waals surface area contributed by atoms with Gasteiger partial charge in [-0.3, -0.25) is 9.59 Å². The van der Waals surface area contributed by atoms with Crippen LogP contribution >= 0.6 is 0 Å². The van der Waals surface area contributed by atoms with Crippen LogP contribution in [0.5, 0.6) is 0 Å². The van der Waals surface area contributed by atoms with Gasteiger partial charge in [0, 0.05) is 54.9 Å². The predicted octanol–water partition coefficient (Wildman–Crippen LogP) is 4.64. The minimum atomic E-state index is -0.248. The van der Waals surface area contributed by atoms with Crippen LogP contribution < -0.4 is 0 Å². The molecule has 0 N–H and O–H groups in total. The number of hydrogen-bond acceptors (Lipinski definition) is 3. The number of piperazine rings is 1. The summed E-state index contributed by atoms with van der Waals surface area (Å²) in [5.41, 5.74) is 4.74. The molecule has 1 fully saturated rings. The van der Waals surface area contributed by atoms with E-state index in [1.807, 2.05) is 38.1 Å². The third kappa shape index (κ3) is 3.98. The monoisotopic (exact) mass is 459 g/mol. The molecule has 7 heteroatoms. The summed E-state index contributed by atoms with van der Waals surface area (Å²) in [4.78, 5) is 29.2. The van der Waals surface area contributed by atoms with Gasteiger partial charge in [-0.1, -0.05) is 12.1 Å². The summed E-state index contributed by atoms with van der Waals surface area (Å²) < 4.78 is 21.0. The normalized spacial score (nSPS) is 14.1. The number of carbonyl (C=O) groups excluding carboxylic acids is 2. The Morgan fingerprint density at radius 2 is 1.65 bits per heavy atom. The molecular formula is C27H26FN3O3. The summed E-state index contributed by atoms with van der Waals surface area (Å²) >= 11 is 0. The van der Waals surface area contributed by atoms with Crippen LogP contribution in [0.25, 0.3) is 10.9 Å². The van der Waals surface area contributed by atoms with Crippen molar-refractivity contribution in [2.75, 3.05) is 26.2 Å². The smallest absolute Gasteiger partial charge is 0.289 e. The Morgan fingerprint density at radius 3 is 2.32 bits per heavy atom. The van der Waals surface area contributed by atoms with E-state index < -0.39 is 0 Å². The van der Waals surface area contributed by atoms with Gasteiger partial charge in [0.15, 0.2) is 5.76 Å². The number of rotatable bonds is 4. The zero-order valence-corrected chi connectivity index (χ0v) is 19.3. The predicted molar refractivity (Wildman–Crippen MR) is 127 cm³/mol. The lowest BCUT2D eigenvalue weighted by Gasteiger charge is -2.34. The van der Waals surface area contributed by atoms with E-state index in [1.165, 1.54) is 12.3 Å². The summed E-state index contributed by atoms with van der Waals surface area (Å²) in [6.07, 6.45) is 1.48. The number of carbonyl (C=O) groups is 2. The van der Waals surface area contributed by atoms with Crippen LogP contribution in [0.3, 0.4) is 0 Å². The molecule has 1 aliphatic rings. The fourth-order valence-corrected chi connectivity index (χ4v) is 4.66. The highest BCUT2D eigenvalue weighted by Crippen LogP contribution is 2.28. The Bertz CT molecular complexity index is 1370. The molecule has 1 aliphatic heterocycles. The largest absolute Gasteiger partial charge is 0.459 e. The van der Waals surface area contributed by atoms with E-state index in [0.717, 1.165) is 27.7 Å². The lowest BCUT2D eigenvalue weighted by Crippen LogP contribution is -2.50. The van der Waals surface area contributed by atoms with Crippen molar-refractivity contribution in [2.45, 2.75) is 20.4 Å². The average Bonchev–Trinajstić information content (AvgIpc) is 3.47. The molecule has 0 saturated carbocycles. The van der Waals surface area contributed by atoms with Crippen molar-refractivity contribution >= 4 is 22.7 Å². The van der Waals surface area contributed by atoms with Crippen molar-refractivity contribution in [3.8, 4) is 0 Å². The maximum Gasteiger partial charge on any atom is 0.289 e. The Hall–Kier alpha value is -3.87. The van der Waals surface area contributed by atoms with E-state index in [4.69, 9.17) is 4.42 Å². The highest BCUT2D eigenvalue weighted by Gasteiger charge is 2.27. The Labute approximate surface area is 197 Å². The summed E-state index contributed by atoms with van der Waals surface area (Å²) in [5, 5.41) is 1.02. The third-order valence-electron chi connectivity index (χ3n) is 6.70. The van der Waals surface area contributed by atoms with Crippen LogP contribution in [0.4, 0.5) is 4.39 Å². The molecule has 2 aromatic carbocycles. The average molecular weight is 460 g/mol. The number of furan rings is 1. The molecule has 0 spiro atoms. The molecule has 0 radical (unpaired) electrons. The van der Waals surface area contributed by atoms with Crippen LogP contribution in [0.15, 0.2) is 65.3 Å². The first-order valence-electron chi connectivity index (χ1n) is 11.4. The van der Waals surface area contributed by atoms with Gasteiger partial charge in [-0.05, 0) is 67.4 Å². The van der Waals surface area contributed by atoms with Crippen LogP contribution in [0, 0.1) is 19.7 Å². The van der Waals surface area contributed by atoms with Gasteiger partial charge < -0.3 is 18.8 Å². The maximum absolute atomic E-state index is 13.7. The molecule has 34 heavy (non-hydrogen) atoms. The van der Waals surface area contributed by atoms with E-state index in [-0.39, 0.29) is 17.6 Å². The molecule has 2 aromatic heterocycles. The van der Waals surface area contributed by atoms with Crippen LogP contribution in [-0.2, 0) is 6.54 Å². The quantitative estimate of drug-likeness (QED) is 0.447. The van der Waals surface area contributed by atoms with Crippen LogP contribution in [-0.4, -0.2) is 52.4 Å². The fraction of sp³-hybridized carbons (Fsp3) is 0.259. The lowest BCUT2D eigenvalue weighted by molar-refractivity contribution is 0.0518. The van der Waals surface area contributed by atoms with E-state index in [0.29, 0.717) is 44.0 Å². The molecule has 3 heterocycles. The second-order valence-electron chi connectivity index (χ2n) is 8.72. The molecule has 0 bridgehead atoms. The zero-order chi connectivity index (χ0) is 23.8. The number of hydrogen-bond donors (Lipinski definition) is 0. The van der Waals surface area contributed by atoms with Crippen molar-refractivity contribution in [3.05, 3.63) is 94.8 Å². The molecule has 174 valence electrons. The van der Waals surface area contributed by atoms with Crippen molar-refractivity contribution in [1.82, 2.24) is 14.4 Å².